The number of amides is 1. The predicted molar refractivity (Wildman–Crippen MR) is 110 cm³/mol. The normalized spacial score (nSPS) is 11.8. The van der Waals surface area contributed by atoms with Gasteiger partial charge in [0.05, 0.1) is 12.7 Å². The molecule has 2 heterocycles. The first-order valence-corrected chi connectivity index (χ1v) is 9.33. The summed E-state index contributed by atoms with van der Waals surface area (Å²) >= 11 is 0. The van der Waals surface area contributed by atoms with E-state index in [-0.39, 0.29) is 5.92 Å². The summed E-state index contributed by atoms with van der Waals surface area (Å²) in [5.41, 5.74) is 8.59. The third-order valence-corrected chi connectivity index (χ3v) is 4.21. The van der Waals surface area contributed by atoms with Crippen molar-refractivity contribution in [2.75, 3.05) is 10.6 Å². The molecule has 0 atom stereocenters. The van der Waals surface area contributed by atoms with Crippen LogP contribution in [0.25, 0.3) is 5.65 Å². The zero-order chi connectivity index (χ0) is 20.5. The summed E-state index contributed by atoms with van der Waals surface area (Å²) in [7, 11) is 0. The van der Waals surface area contributed by atoms with Crippen molar-refractivity contribution in [2.45, 2.75) is 52.7 Å². The van der Waals surface area contributed by atoms with Crippen molar-refractivity contribution in [1.29, 1.82) is 0 Å². The number of fused-ring (bicyclic) bond motifs is 1. The molecule has 0 saturated carbocycles. The van der Waals surface area contributed by atoms with Gasteiger partial charge in [0.15, 0.2) is 5.65 Å². The second-order valence-corrected chi connectivity index (χ2v) is 8.10. The second-order valence-electron chi connectivity index (χ2n) is 8.10. The highest BCUT2D eigenvalue weighted by molar-refractivity contribution is 5.87. The van der Waals surface area contributed by atoms with Crippen LogP contribution in [0.15, 0.2) is 42.7 Å². The van der Waals surface area contributed by atoms with Crippen molar-refractivity contribution in [1.82, 2.24) is 14.6 Å². The van der Waals surface area contributed by atoms with E-state index in [1.165, 1.54) is 0 Å². The molecule has 0 bridgehead atoms. The van der Waals surface area contributed by atoms with Gasteiger partial charge in [-0.3, -0.25) is 4.90 Å². The van der Waals surface area contributed by atoms with Gasteiger partial charge >= 0.3 is 6.09 Å². The van der Waals surface area contributed by atoms with Gasteiger partial charge in [-0.2, -0.15) is 9.61 Å². The lowest BCUT2D eigenvalue weighted by Crippen LogP contribution is -2.37. The Balaban J connectivity index is 2.08. The summed E-state index contributed by atoms with van der Waals surface area (Å²) in [5.74, 6) is 0.859. The molecule has 3 rings (SSSR count). The van der Waals surface area contributed by atoms with E-state index in [9.17, 15) is 4.79 Å². The molecule has 3 aromatic rings. The molecule has 1 amide bonds. The van der Waals surface area contributed by atoms with Crippen molar-refractivity contribution in [3.05, 3.63) is 53.9 Å². The Hall–Kier alpha value is -3.09. The molecule has 28 heavy (non-hydrogen) atoms. The molecule has 2 aromatic heterocycles. The van der Waals surface area contributed by atoms with Crippen LogP contribution in [0.3, 0.4) is 0 Å². The van der Waals surface area contributed by atoms with Crippen LogP contribution in [0.1, 0.15) is 51.7 Å². The minimum atomic E-state index is -0.621. The van der Waals surface area contributed by atoms with Crippen LogP contribution in [0.2, 0.25) is 0 Å². The number of benzene rings is 1. The number of anilines is 2. The van der Waals surface area contributed by atoms with E-state index in [0.717, 1.165) is 16.8 Å². The Morgan fingerprint density at radius 1 is 1.29 bits per heavy atom. The minimum Gasteiger partial charge on any atom is -0.443 e. The molecule has 2 N–H and O–H groups in total. The third kappa shape index (κ3) is 4.24. The number of hydrogen-bond donors (Lipinski definition) is 1. The van der Waals surface area contributed by atoms with Crippen LogP contribution in [-0.4, -0.2) is 26.3 Å². The highest BCUT2D eigenvalue weighted by Crippen LogP contribution is 2.25. The lowest BCUT2D eigenvalue weighted by Gasteiger charge is -2.27. The third-order valence-electron chi connectivity index (χ3n) is 4.21. The van der Waals surface area contributed by atoms with Crippen LogP contribution in [0.4, 0.5) is 16.3 Å². The summed E-state index contributed by atoms with van der Waals surface area (Å²) in [6.07, 6.45) is 3.03. The fourth-order valence-electron chi connectivity index (χ4n) is 2.94. The molecule has 0 unspecified atom stereocenters. The van der Waals surface area contributed by atoms with Crippen molar-refractivity contribution in [3.8, 4) is 0 Å². The molecule has 0 aliphatic carbocycles. The van der Waals surface area contributed by atoms with Gasteiger partial charge in [0.2, 0.25) is 0 Å². The molecule has 148 valence electrons. The number of carbonyl (C=O) groups excluding carboxylic acids is 1. The van der Waals surface area contributed by atoms with E-state index in [4.69, 9.17) is 10.5 Å². The number of nitrogen functional groups attached to an aromatic ring is 1. The van der Waals surface area contributed by atoms with Crippen LogP contribution in [-0.2, 0) is 11.3 Å². The summed E-state index contributed by atoms with van der Waals surface area (Å²) in [4.78, 5) is 19.1. The molecule has 0 spiro atoms. The Morgan fingerprint density at radius 2 is 2.04 bits per heavy atom. The van der Waals surface area contributed by atoms with E-state index in [1.54, 1.807) is 27.9 Å². The maximum Gasteiger partial charge on any atom is 0.416 e. The van der Waals surface area contributed by atoms with Gasteiger partial charge in [-0.1, -0.05) is 26.0 Å². The summed E-state index contributed by atoms with van der Waals surface area (Å²) in [6.45, 7) is 10.0. The van der Waals surface area contributed by atoms with Gasteiger partial charge in [0.25, 0.3) is 0 Å². The molecule has 0 saturated heterocycles. The monoisotopic (exact) mass is 381 g/mol. The molecule has 7 heteroatoms. The quantitative estimate of drug-likeness (QED) is 0.678. The zero-order valence-corrected chi connectivity index (χ0v) is 17.0. The van der Waals surface area contributed by atoms with Crippen molar-refractivity contribution >= 4 is 23.2 Å². The van der Waals surface area contributed by atoms with Crippen LogP contribution >= 0.6 is 0 Å². The van der Waals surface area contributed by atoms with Gasteiger partial charge in [-0.25, -0.2) is 9.78 Å². The lowest BCUT2D eigenvalue weighted by molar-refractivity contribution is 0.0575. The minimum absolute atomic E-state index is 0.268. The zero-order valence-electron chi connectivity index (χ0n) is 17.0. The number of hydrogen-bond acceptors (Lipinski definition) is 5. The van der Waals surface area contributed by atoms with Gasteiger partial charge in [0.1, 0.15) is 11.4 Å². The fourth-order valence-corrected chi connectivity index (χ4v) is 2.94. The Morgan fingerprint density at radius 3 is 2.68 bits per heavy atom. The maximum absolute atomic E-state index is 13.0. The lowest BCUT2D eigenvalue weighted by atomic mass is 10.1. The van der Waals surface area contributed by atoms with Gasteiger partial charge < -0.3 is 10.5 Å². The smallest absolute Gasteiger partial charge is 0.416 e. The van der Waals surface area contributed by atoms with Gasteiger partial charge in [-0.15, -0.1) is 0 Å². The number of ether oxygens (including phenoxy) is 1. The van der Waals surface area contributed by atoms with Gasteiger partial charge in [0, 0.05) is 17.4 Å². The Labute approximate surface area is 165 Å². The van der Waals surface area contributed by atoms with Crippen LogP contribution in [0, 0.1) is 0 Å². The molecular formula is C21H27N5O2. The Kier molecular flexibility index (Phi) is 5.27. The first-order valence-electron chi connectivity index (χ1n) is 9.33. The average molecular weight is 381 g/mol. The average Bonchev–Trinajstić information content (AvgIpc) is 3.02. The highest BCUT2D eigenvalue weighted by atomic mass is 16.6. The van der Waals surface area contributed by atoms with Crippen molar-refractivity contribution < 1.29 is 9.53 Å². The molecule has 0 fully saturated rings. The molecule has 0 aliphatic heterocycles. The van der Waals surface area contributed by atoms with E-state index < -0.39 is 11.7 Å². The largest absolute Gasteiger partial charge is 0.443 e. The topological polar surface area (TPSA) is 85.8 Å². The molecule has 0 radical (unpaired) electrons. The second kappa shape index (κ2) is 7.50. The van der Waals surface area contributed by atoms with E-state index >= 15 is 0 Å². The van der Waals surface area contributed by atoms with Crippen molar-refractivity contribution in [3.63, 3.8) is 0 Å². The Bertz CT molecular complexity index is 988. The van der Waals surface area contributed by atoms with E-state index in [1.807, 2.05) is 45.0 Å². The number of nitrogens with zero attached hydrogens (tertiary/aromatic N) is 4. The number of rotatable bonds is 4. The summed E-state index contributed by atoms with van der Waals surface area (Å²) in [5, 5.41) is 4.48. The summed E-state index contributed by atoms with van der Waals surface area (Å²) < 4.78 is 7.34. The van der Waals surface area contributed by atoms with Gasteiger partial charge in [-0.05, 0) is 50.5 Å². The van der Waals surface area contributed by atoms with Crippen LogP contribution in [0.5, 0.6) is 0 Å². The molecule has 7 nitrogen and oxygen atoms in total. The van der Waals surface area contributed by atoms with E-state index in [2.05, 4.69) is 23.9 Å². The first kappa shape index (κ1) is 19.7. The molecular weight excluding hydrogens is 354 g/mol. The maximum atomic E-state index is 13.0. The first-order chi connectivity index (χ1) is 13.2. The molecule has 1 aromatic carbocycles. The van der Waals surface area contributed by atoms with Crippen molar-refractivity contribution in [2.24, 2.45) is 0 Å². The van der Waals surface area contributed by atoms with Crippen LogP contribution < -0.4 is 10.6 Å². The predicted octanol–water partition coefficient (Wildman–Crippen LogP) is 4.38. The standard InChI is InChI=1S/C21H27N5O2/c1-14(2)17-12-24-26-18(9-10-23-19(17)26)25(20(27)28-21(3,4)5)13-15-7-6-8-16(22)11-15/h6-12,14H,13,22H2,1-5H3. The number of carbonyl (C=O) groups is 1. The molecule has 0 aliphatic rings. The fraction of sp³-hybridized carbons (Fsp3) is 0.381. The summed E-state index contributed by atoms with van der Waals surface area (Å²) in [6, 6.07) is 9.21. The highest BCUT2D eigenvalue weighted by Gasteiger charge is 2.26. The SMILES string of the molecule is CC(C)c1cnn2c(N(Cc3cccc(N)c3)C(=O)OC(C)(C)C)ccnc12. The van der Waals surface area contributed by atoms with E-state index in [0.29, 0.717) is 18.1 Å². The number of aromatic nitrogens is 3. The number of nitrogens with two attached hydrogens (primary N) is 1.